The van der Waals surface area contributed by atoms with Gasteiger partial charge in [0.05, 0.1) is 5.41 Å². The van der Waals surface area contributed by atoms with E-state index in [-0.39, 0.29) is 17.7 Å². The molecule has 0 atom stereocenters. The number of hydrogen-bond acceptors (Lipinski definition) is 2. The molecule has 1 aliphatic rings. The zero-order valence-corrected chi connectivity index (χ0v) is 18.7. The van der Waals surface area contributed by atoms with Crippen LogP contribution in [0.2, 0.25) is 0 Å². The minimum absolute atomic E-state index is 0.0104. The summed E-state index contributed by atoms with van der Waals surface area (Å²) in [7, 11) is 0. The number of piperidine rings is 1. The molecule has 2 aromatic carbocycles. The highest BCUT2D eigenvalue weighted by Gasteiger charge is 2.42. The van der Waals surface area contributed by atoms with E-state index >= 15 is 0 Å². The summed E-state index contributed by atoms with van der Waals surface area (Å²) in [6, 6.07) is 16.8. The van der Waals surface area contributed by atoms with Crippen molar-refractivity contribution in [3.63, 3.8) is 0 Å². The van der Waals surface area contributed by atoms with Gasteiger partial charge in [0, 0.05) is 25.6 Å². The minimum Gasteiger partial charge on any atom is -0.356 e. The van der Waals surface area contributed by atoms with Gasteiger partial charge in [-0.2, -0.15) is 0 Å². The molecule has 4 nitrogen and oxygen atoms in total. The summed E-state index contributed by atoms with van der Waals surface area (Å²) in [5, 5.41) is 3.07. The first kappa shape index (κ1) is 22.1. The topological polar surface area (TPSA) is 49.4 Å². The molecule has 0 bridgehead atoms. The number of benzene rings is 2. The number of likely N-dealkylation sites (tertiary alicyclic amines) is 1. The molecule has 2 aromatic rings. The number of carbonyl (C=O) groups is 2. The molecule has 1 heterocycles. The zero-order valence-electron chi connectivity index (χ0n) is 18.7. The molecular weight excluding hydrogens is 372 g/mol. The summed E-state index contributed by atoms with van der Waals surface area (Å²) in [6.45, 7) is 9.86. The first-order valence-corrected chi connectivity index (χ1v) is 11.1. The fourth-order valence-electron chi connectivity index (χ4n) is 4.53. The van der Waals surface area contributed by atoms with E-state index in [1.54, 1.807) is 0 Å². The van der Waals surface area contributed by atoms with Gasteiger partial charge >= 0.3 is 0 Å². The van der Waals surface area contributed by atoms with Gasteiger partial charge in [0.2, 0.25) is 11.8 Å². The van der Waals surface area contributed by atoms with Crippen LogP contribution in [-0.2, 0) is 16.0 Å². The number of amides is 2. The molecule has 1 N–H and O–H groups in total. The van der Waals surface area contributed by atoms with Gasteiger partial charge in [0.15, 0.2) is 0 Å². The Labute approximate surface area is 180 Å². The third-order valence-corrected chi connectivity index (χ3v) is 6.33. The standard InChI is InChI=1S/C26H34N2O2/c1-5-27-25(30)26(14-16-28(17-15-26)24(29)19(2)3)18-21-11-7-9-13-23(21)22-12-8-6-10-20(22)4/h6-13,19H,5,14-18H2,1-4H3,(H,27,30). The smallest absolute Gasteiger partial charge is 0.226 e. The summed E-state index contributed by atoms with van der Waals surface area (Å²) in [4.78, 5) is 27.6. The predicted octanol–water partition coefficient (Wildman–Crippen LogP) is 4.61. The fourth-order valence-corrected chi connectivity index (χ4v) is 4.53. The largest absolute Gasteiger partial charge is 0.356 e. The van der Waals surface area contributed by atoms with E-state index in [1.165, 1.54) is 22.3 Å². The molecule has 2 amide bonds. The molecule has 0 unspecified atom stereocenters. The Kier molecular flexibility index (Phi) is 6.96. The van der Waals surface area contributed by atoms with Crippen LogP contribution in [0.1, 0.15) is 44.7 Å². The SMILES string of the molecule is CCNC(=O)C1(Cc2ccccc2-c2ccccc2C)CCN(C(=O)C(C)C)CC1. The second kappa shape index (κ2) is 9.46. The van der Waals surface area contributed by atoms with Crippen molar-refractivity contribution in [1.82, 2.24) is 10.2 Å². The van der Waals surface area contributed by atoms with Crippen LogP contribution in [0.25, 0.3) is 11.1 Å². The molecule has 0 saturated carbocycles. The molecule has 0 aliphatic carbocycles. The van der Waals surface area contributed by atoms with Crippen LogP contribution in [0.4, 0.5) is 0 Å². The van der Waals surface area contributed by atoms with Crippen LogP contribution in [0.3, 0.4) is 0 Å². The normalized spacial score (nSPS) is 15.8. The molecule has 30 heavy (non-hydrogen) atoms. The van der Waals surface area contributed by atoms with Crippen LogP contribution in [-0.4, -0.2) is 36.3 Å². The third kappa shape index (κ3) is 4.58. The average molecular weight is 407 g/mol. The molecule has 0 spiro atoms. The number of nitrogens with one attached hydrogen (secondary N) is 1. The molecular formula is C26H34N2O2. The second-order valence-corrected chi connectivity index (χ2v) is 8.77. The van der Waals surface area contributed by atoms with E-state index in [4.69, 9.17) is 0 Å². The highest BCUT2D eigenvalue weighted by atomic mass is 16.2. The summed E-state index contributed by atoms with van der Waals surface area (Å²) in [5.74, 6) is 0.282. The average Bonchev–Trinajstić information content (AvgIpc) is 2.75. The molecule has 0 radical (unpaired) electrons. The van der Waals surface area contributed by atoms with E-state index < -0.39 is 5.41 Å². The van der Waals surface area contributed by atoms with Crippen molar-refractivity contribution in [1.29, 1.82) is 0 Å². The van der Waals surface area contributed by atoms with E-state index in [2.05, 4.69) is 60.8 Å². The van der Waals surface area contributed by atoms with Crippen LogP contribution in [0, 0.1) is 18.3 Å². The number of carbonyl (C=O) groups excluding carboxylic acids is 2. The van der Waals surface area contributed by atoms with E-state index in [1.807, 2.05) is 25.7 Å². The highest BCUT2D eigenvalue weighted by Crippen LogP contribution is 2.39. The van der Waals surface area contributed by atoms with Crippen LogP contribution in [0.15, 0.2) is 48.5 Å². The lowest BCUT2D eigenvalue weighted by Crippen LogP contribution is -2.52. The van der Waals surface area contributed by atoms with Crippen molar-refractivity contribution in [2.45, 2.75) is 47.0 Å². The van der Waals surface area contributed by atoms with Gasteiger partial charge in [0.25, 0.3) is 0 Å². The number of hydrogen-bond donors (Lipinski definition) is 1. The van der Waals surface area contributed by atoms with Crippen molar-refractivity contribution in [3.8, 4) is 11.1 Å². The summed E-state index contributed by atoms with van der Waals surface area (Å²) in [5.41, 5.74) is 4.35. The van der Waals surface area contributed by atoms with Gasteiger partial charge < -0.3 is 10.2 Å². The molecule has 1 saturated heterocycles. The Bertz CT molecular complexity index is 895. The van der Waals surface area contributed by atoms with Crippen LogP contribution < -0.4 is 5.32 Å². The molecule has 160 valence electrons. The van der Waals surface area contributed by atoms with Gasteiger partial charge in [-0.25, -0.2) is 0 Å². The van der Waals surface area contributed by atoms with Gasteiger partial charge in [-0.3, -0.25) is 9.59 Å². The Balaban J connectivity index is 1.92. The predicted molar refractivity (Wildman–Crippen MR) is 122 cm³/mol. The van der Waals surface area contributed by atoms with Crippen molar-refractivity contribution < 1.29 is 9.59 Å². The number of aryl methyl sites for hydroxylation is 1. The maximum absolute atomic E-state index is 13.2. The van der Waals surface area contributed by atoms with Gasteiger partial charge in [-0.1, -0.05) is 62.4 Å². The number of nitrogens with zero attached hydrogens (tertiary/aromatic N) is 1. The Morgan fingerprint density at radius 1 is 1.00 bits per heavy atom. The van der Waals surface area contributed by atoms with Gasteiger partial charge in [-0.05, 0) is 55.4 Å². The van der Waals surface area contributed by atoms with Crippen molar-refractivity contribution in [2.24, 2.45) is 11.3 Å². The molecule has 1 fully saturated rings. The summed E-state index contributed by atoms with van der Waals surface area (Å²) < 4.78 is 0. The number of rotatable bonds is 6. The van der Waals surface area contributed by atoms with Crippen molar-refractivity contribution in [2.75, 3.05) is 19.6 Å². The minimum atomic E-state index is -0.484. The third-order valence-electron chi connectivity index (χ3n) is 6.33. The lowest BCUT2D eigenvalue weighted by molar-refractivity contribution is -0.142. The van der Waals surface area contributed by atoms with Gasteiger partial charge in [0.1, 0.15) is 0 Å². The summed E-state index contributed by atoms with van der Waals surface area (Å²) in [6.07, 6.45) is 2.08. The summed E-state index contributed by atoms with van der Waals surface area (Å²) >= 11 is 0. The highest BCUT2D eigenvalue weighted by molar-refractivity contribution is 5.84. The molecule has 3 rings (SSSR count). The second-order valence-electron chi connectivity index (χ2n) is 8.77. The van der Waals surface area contributed by atoms with E-state index in [9.17, 15) is 9.59 Å². The maximum atomic E-state index is 13.2. The van der Waals surface area contributed by atoms with Crippen LogP contribution >= 0.6 is 0 Å². The monoisotopic (exact) mass is 406 g/mol. The van der Waals surface area contributed by atoms with Crippen molar-refractivity contribution >= 4 is 11.8 Å². The first-order chi connectivity index (χ1) is 14.4. The molecule has 1 aliphatic heterocycles. The Hall–Kier alpha value is -2.62. The molecule has 0 aromatic heterocycles. The fraction of sp³-hybridized carbons (Fsp3) is 0.462. The Morgan fingerprint density at radius 2 is 1.60 bits per heavy atom. The zero-order chi connectivity index (χ0) is 21.7. The van der Waals surface area contributed by atoms with Gasteiger partial charge in [-0.15, -0.1) is 0 Å². The van der Waals surface area contributed by atoms with Crippen LogP contribution in [0.5, 0.6) is 0 Å². The van der Waals surface area contributed by atoms with Crippen molar-refractivity contribution in [3.05, 3.63) is 59.7 Å². The lowest BCUT2D eigenvalue weighted by atomic mass is 9.71. The lowest BCUT2D eigenvalue weighted by Gasteiger charge is -2.41. The first-order valence-electron chi connectivity index (χ1n) is 11.1. The molecule has 4 heteroatoms. The Morgan fingerprint density at radius 3 is 2.20 bits per heavy atom. The maximum Gasteiger partial charge on any atom is 0.226 e. The van der Waals surface area contributed by atoms with E-state index in [0.29, 0.717) is 38.9 Å². The van der Waals surface area contributed by atoms with E-state index in [0.717, 1.165) is 0 Å². The quantitative estimate of drug-likeness (QED) is 0.762.